The molecule has 4 rings (SSSR count). The van der Waals surface area contributed by atoms with E-state index in [0.717, 1.165) is 24.2 Å². The molecule has 2 heterocycles. The van der Waals surface area contributed by atoms with Crippen LogP contribution in [0.4, 0.5) is 4.79 Å². The fourth-order valence-electron chi connectivity index (χ4n) is 3.84. The molecule has 1 aromatic heterocycles. The number of fused-ring (bicyclic) bond motifs is 2. The number of aryl methyl sites for hydroxylation is 2. The first-order valence-corrected chi connectivity index (χ1v) is 9.43. The van der Waals surface area contributed by atoms with Gasteiger partial charge >= 0.3 is 6.03 Å². The maximum atomic E-state index is 12.5. The van der Waals surface area contributed by atoms with Crippen molar-refractivity contribution < 1.29 is 9.59 Å². The van der Waals surface area contributed by atoms with E-state index in [1.807, 2.05) is 27.8 Å². The normalized spacial score (nSPS) is 15.3. The molecule has 0 radical (unpaired) electrons. The van der Waals surface area contributed by atoms with Crippen LogP contribution in [0.5, 0.6) is 0 Å². The Labute approximate surface area is 158 Å². The molecular weight excluding hydrogens is 342 g/mol. The maximum absolute atomic E-state index is 12.5. The highest BCUT2D eigenvalue weighted by Gasteiger charge is 2.23. The third kappa shape index (κ3) is 3.54. The van der Waals surface area contributed by atoms with Gasteiger partial charge in [0.15, 0.2) is 0 Å². The van der Waals surface area contributed by atoms with E-state index in [-0.39, 0.29) is 11.9 Å². The average Bonchev–Trinajstić information content (AvgIpc) is 3.30. The molecular formula is C20H25N5O2. The Kier molecular flexibility index (Phi) is 4.59. The summed E-state index contributed by atoms with van der Waals surface area (Å²) in [7, 11) is 3.52. The number of carbonyl (C=O) groups is 2. The number of urea groups is 1. The summed E-state index contributed by atoms with van der Waals surface area (Å²) in [5.41, 5.74) is 5.19. The van der Waals surface area contributed by atoms with Gasteiger partial charge in [0.2, 0.25) is 0 Å². The highest BCUT2D eigenvalue weighted by atomic mass is 16.2. The minimum Gasteiger partial charge on any atom is -0.346 e. The number of nitrogens with zero attached hydrogens (tertiary/aromatic N) is 4. The summed E-state index contributed by atoms with van der Waals surface area (Å²) < 4.78 is 1.93. The number of rotatable bonds is 3. The number of hydrogen-bond acceptors (Lipinski definition) is 3. The van der Waals surface area contributed by atoms with E-state index < -0.39 is 0 Å². The monoisotopic (exact) mass is 367 g/mol. The maximum Gasteiger partial charge on any atom is 0.319 e. The van der Waals surface area contributed by atoms with Crippen LogP contribution in [0.1, 0.15) is 39.3 Å². The van der Waals surface area contributed by atoms with Crippen molar-refractivity contribution in [2.75, 3.05) is 20.6 Å². The van der Waals surface area contributed by atoms with Crippen LogP contribution < -0.4 is 5.32 Å². The van der Waals surface area contributed by atoms with Crippen molar-refractivity contribution in [1.29, 1.82) is 0 Å². The second-order valence-electron chi connectivity index (χ2n) is 7.47. The predicted octanol–water partition coefficient (Wildman–Crippen LogP) is 1.80. The first-order chi connectivity index (χ1) is 13.0. The van der Waals surface area contributed by atoms with E-state index in [9.17, 15) is 9.59 Å². The Hall–Kier alpha value is -2.83. The summed E-state index contributed by atoms with van der Waals surface area (Å²) in [6.07, 6.45) is 3.35. The molecule has 0 unspecified atom stereocenters. The molecule has 1 aromatic carbocycles. The van der Waals surface area contributed by atoms with E-state index in [4.69, 9.17) is 0 Å². The number of amides is 3. The lowest BCUT2D eigenvalue weighted by Crippen LogP contribution is -2.43. The smallest absolute Gasteiger partial charge is 0.319 e. The van der Waals surface area contributed by atoms with Gasteiger partial charge in [-0.1, -0.05) is 6.07 Å². The molecule has 0 spiro atoms. The third-order valence-electron chi connectivity index (χ3n) is 5.29. The highest BCUT2D eigenvalue weighted by Crippen LogP contribution is 2.23. The molecule has 7 heteroatoms. The Balaban J connectivity index is 1.38. The Bertz CT molecular complexity index is 886. The number of aromatic nitrogens is 2. The van der Waals surface area contributed by atoms with Gasteiger partial charge in [0.25, 0.3) is 5.91 Å². The van der Waals surface area contributed by atoms with Gasteiger partial charge in [0.05, 0.1) is 31.0 Å². The van der Waals surface area contributed by atoms with E-state index in [1.54, 1.807) is 19.0 Å². The second kappa shape index (κ2) is 7.06. The van der Waals surface area contributed by atoms with Gasteiger partial charge in [0.1, 0.15) is 0 Å². The summed E-state index contributed by atoms with van der Waals surface area (Å²) >= 11 is 0. The minimum absolute atomic E-state index is 0.00825. The molecule has 1 N–H and O–H groups in total. The molecule has 1 aliphatic heterocycles. The van der Waals surface area contributed by atoms with Gasteiger partial charge in [-0.25, -0.2) is 4.79 Å². The van der Waals surface area contributed by atoms with E-state index >= 15 is 0 Å². The van der Waals surface area contributed by atoms with Crippen LogP contribution in [0.25, 0.3) is 0 Å². The number of hydrogen-bond donors (Lipinski definition) is 1. The predicted molar refractivity (Wildman–Crippen MR) is 101 cm³/mol. The molecule has 0 bridgehead atoms. The summed E-state index contributed by atoms with van der Waals surface area (Å²) in [5.74, 6) is -0.0694. The highest BCUT2D eigenvalue weighted by molar-refractivity contribution is 5.94. The SMILES string of the molecule is CN(C)C(=O)N1CCn2nc(CNC(=O)c3ccc4c(c3)CCC4)cc2C1. The Morgan fingerprint density at radius 2 is 1.96 bits per heavy atom. The van der Waals surface area contributed by atoms with Crippen LogP contribution in [0.2, 0.25) is 0 Å². The van der Waals surface area contributed by atoms with Gasteiger partial charge in [-0.05, 0) is 48.6 Å². The minimum atomic E-state index is -0.0694. The summed E-state index contributed by atoms with van der Waals surface area (Å²) in [5, 5.41) is 7.53. The van der Waals surface area contributed by atoms with Gasteiger partial charge in [-0.15, -0.1) is 0 Å². The van der Waals surface area contributed by atoms with Crippen LogP contribution >= 0.6 is 0 Å². The quantitative estimate of drug-likeness (QED) is 0.899. The molecule has 27 heavy (non-hydrogen) atoms. The lowest BCUT2D eigenvalue weighted by Gasteiger charge is -2.29. The third-order valence-corrected chi connectivity index (χ3v) is 5.29. The molecule has 7 nitrogen and oxygen atoms in total. The van der Waals surface area contributed by atoms with Crippen molar-refractivity contribution in [2.24, 2.45) is 0 Å². The fourth-order valence-corrected chi connectivity index (χ4v) is 3.84. The molecule has 1 aliphatic carbocycles. The van der Waals surface area contributed by atoms with Crippen LogP contribution in [-0.2, 0) is 32.5 Å². The molecule has 3 amide bonds. The summed E-state index contributed by atoms with van der Waals surface area (Å²) in [6.45, 7) is 2.25. The zero-order valence-electron chi connectivity index (χ0n) is 15.9. The zero-order chi connectivity index (χ0) is 19.0. The summed E-state index contributed by atoms with van der Waals surface area (Å²) in [6, 6.07) is 7.97. The molecule has 0 fully saturated rings. The van der Waals surface area contributed by atoms with Crippen molar-refractivity contribution in [1.82, 2.24) is 24.9 Å². The first-order valence-electron chi connectivity index (χ1n) is 9.43. The Morgan fingerprint density at radius 1 is 1.15 bits per heavy atom. The van der Waals surface area contributed by atoms with Crippen molar-refractivity contribution in [3.63, 3.8) is 0 Å². The molecule has 2 aliphatic rings. The molecule has 2 aromatic rings. The summed E-state index contributed by atoms with van der Waals surface area (Å²) in [4.78, 5) is 28.0. The topological polar surface area (TPSA) is 70.5 Å². The molecule has 142 valence electrons. The lowest BCUT2D eigenvalue weighted by molar-refractivity contribution is 0.0950. The van der Waals surface area contributed by atoms with Crippen LogP contribution in [0.3, 0.4) is 0 Å². The largest absolute Gasteiger partial charge is 0.346 e. The van der Waals surface area contributed by atoms with Crippen molar-refractivity contribution in [3.05, 3.63) is 52.3 Å². The molecule has 0 atom stereocenters. The Morgan fingerprint density at radius 3 is 2.78 bits per heavy atom. The van der Waals surface area contributed by atoms with Crippen molar-refractivity contribution >= 4 is 11.9 Å². The fraction of sp³-hybridized carbons (Fsp3) is 0.450. The van der Waals surface area contributed by atoms with Gasteiger partial charge in [-0.2, -0.15) is 5.10 Å². The van der Waals surface area contributed by atoms with Crippen molar-refractivity contribution in [2.45, 2.75) is 38.9 Å². The number of carbonyl (C=O) groups excluding carboxylic acids is 2. The van der Waals surface area contributed by atoms with Crippen LogP contribution in [0.15, 0.2) is 24.3 Å². The van der Waals surface area contributed by atoms with E-state index in [2.05, 4.69) is 16.5 Å². The molecule has 0 saturated carbocycles. The number of nitrogens with one attached hydrogen (secondary N) is 1. The van der Waals surface area contributed by atoms with Crippen molar-refractivity contribution in [3.8, 4) is 0 Å². The van der Waals surface area contributed by atoms with E-state index in [1.165, 1.54) is 17.5 Å². The van der Waals surface area contributed by atoms with Gasteiger partial charge in [-0.3, -0.25) is 9.48 Å². The lowest BCUT2D eigenvalue weighted by atomic mass is 10.1. The van der Waals surface area contributed by atoms with Gasteiger partial charge in [0, 0.05) is 26.2 Å². The van der Waals surface area contributed by atoms with Crippen LogP contribution in [0, 0.1) is 0 Å². The van der Waals surface area contributed by atoms with Gasteiger partial charge < -0.3 is 15.1 Å². The van der Waals surface area contributed by atoms with E-state index in [0.29, 0.717) is 31.7 Å². The number of benzene rings is 1. The average molecular weight is 367 g/mol. The first kappa shape index (κ1) is 17.6. The second-order valence-corrected chi connectivity index (χ2v) is 7.47. The van der Waals surface area contributed by atoms with Crippen LogP contribution in [-0.4, -0.2) is 52.2 Å². The standard InChI is InChI=1S/C20H25N5O2/c1-23(2)20(27)24-8-9-25-18(13-24)11-17(22-25)12-21-19(26)16-7-6-14-4-3-5-15(14)10-16/h6-7,10-11H,3-5,8-9,12-13H2,1-2H3,(H,21,26). The molecule has 0 saturated heterocycles. The zero-order valence-corrected chi connectivity index (χ0v) is 15.9.